The van der Waals surface area contributed by atoms with Crippen LogP contribution in [-0.2, 0) is 0 Å². The fraction of sp³-hybridized carbons (Fsp3) is 0.0769. The van der Waals surface area contributed by atoms with E-state index in [0.29, 0.717) is 5.69 Å². The number of aryl methyl sites for hydroxylation is 1. The van der Waals surface area contributed by atoms with Crippen molar-refractivity contribution in [3.8, 4) is 0 Å². The maximum atomic E-state index is 11.9. The molecule has 18 heavy (non-hydrogen) atoms. The maximum Gasteiger partial charge on any atom is 0.272 e. The Morgan fingerprint density at radius 3 is 2.72 bits per heavy atom. The highest BCUT2D eigenvalue weighted by molar-refractivity contribution is 14.1. The molecular formula is C13H11IN2O2. The van der Waals surface area contributed by atoms with E-state index in [2.05, 4.69) is 32.9 Å². The number of hydrogen-bond acceptors (Lipinski definition) is 2. The second-order valence-electron chi connectivity index (χ2n) is 3.85. The Hall–Kier alpha value is -1.63. The fourth-order valence-corrected chi connectivity index (χ4v) is 1.96. The highest BCUT2D eigenvalue weighted by Crippen LogP contribution is 2.17. The van der Waals surface area contributed by atoms with Gasteiger partial charge in [-0.3, -0.25) is 9.59 Å². The van der Waals surface area contributed by atoms with Crippen LogP contribution < -0.4 is 10.9 Å². The normalized spacial score (nSPS) is 10.1. The summed E-state index contributed by atoms with van der Waals surface area (Å²) < 4.78 is 1.08. The van der Waals surface area contributed by atoms with Gasteiger partial charge in [0.05, 0.1) is 0 Å². The zero-order valence-electron chi connectivity index (χ0n) is 9.66. The van der Waals surface area contributed by atoms with E-state index < -0.39 is 0 Å². The van der Waals surface area contributed by atoms with Crippen molar-refractivity contribution in [2.45, 2.75) is 6.92 Å². The summed E-state index contributed by atoms with van der Waals surface area (Å²) in [6.45, 7) is 2.00. The topological polar surface area (TPSA) is 62.0 Å². The van der Waals surface area contributed by atoms with Crippen LogP contribution in [0.4, 0.5) is 5.69 Å². The summed E-state index contributed by atoms with van der Waals surface area (Å²) in [7, 11) is 0. The molecule has 0 atom stereocenters. The number of anilines is 1. The molecule has 2 rings (SSSR count). The molecule has 0 saturated heterocycles. The molecule has 2 N–H and O–H groups in total. The first-order valence-corrected chi connectivity index (χ1v) is 6.41. The predicted octanol–water partition coefficient (Wildman–Crippen LogP) is 2.54. The lowest BCUT2D eigenvalue weighted by Crippen LogP contribution is -2.17. The van der Waals surface area contributed by atoms with E-state index in [4.69, 9.17) is 0 Å². The number of aromatic amines is 1. The molecular weight excluding hydrogens is 343 g/mol. The molecule has 0 radical (unpaired) electrons. The second kappa shape index (κ2) is 5.34. The predicted molar refractivity (Wildman–Crippen MR) is 78.9 cm³/mol. The van der Waals surface area contributed by atoms with Crippen LogP contribution in [0, 0.1) is 10.5 Å². The van der Waals surface area contributed by atoms with Crippen molar-refractivity contribution in [1.29, 1.82) is 0 Å². The molecule has 92 valence electrons. The first kappa shape index (κ1) is 12.8. The Balaban J connectivity index is 2.21. The maximum absolute atomic E-state index is 11.9. The number of aromatic nitrogens is 1. The summed E-state index contributed by atoms with van der Waals surface area (Å²) >= 11 is 2.21. The van der Waals surface area contributed by atoms with Crippen LogP contribution in [0.3, 0.4) is 0 Å². The van der Waals surface area contributed by atoms with Crippen molar-refractivity contribution in [3.63, 3.8) is 0 Å². The van der Waals surface area contributed by atoms with Crippen LogP contribution in [0.5, 0.6) is 0 Å². The summed E-state index contributed by atoms with van der Waals surface area (Å²) in [5.74, 6) is -0.327. The van der Waals surface area contributed by atoms with E-state index in [1.807, 2.05) is 25.1 Å². The van der Waals surface area contributed by atoms with Gasteiger partial charge in [0.15, 0.2) is 0 Å². The first-order valence-electron chi connectivity index (χ1n) is 5.33. The van der Waals surface area contributed by atoms with Gasteiger partial charge in [-0.1, -0.05) is 12.1 Å². The third-order valence-electron chi connectivity index (χ3n) is 2.44. The van der Waals surface area contributed by atoms with Crippen molar-refractivity contribution >= 4 is 34.2 Å². The molecule has 0 aliphatic heterocycles. The van der Waals surface area contributed by atoms with Crippen molar-refractivity contribution in [2.75, 3.05) is 5.32 Å². The lowest BCUT2D eigenvalue weighted by atomic mass is 10.2. The quantitative estimate of drug-likeness (QED) is 0.815. The largest absolute Gasteiger partial charge is 0.321 e. The van der Waals surface area contributed by atoms with Gasteiger partial charge in [0.1, 0.15) is 5.69 Å². The summed E-state index contributed by atoms with van der Waals surface area (Å²) in [5.41, 5.74) is 1.82. The van der Waals surface area contributed by atoms with Gasteiger partial charge < -0.3 is 10.3 Å². The number of H-pyrrole nitrogens is 1. The van der Waals surface area contributed by atoms with E-state index in [9.17, 15) is 9.59 Å². The van der Waals surface area contributed by atoms with Gasteiger partial charge in [-0.05, 0) is 53.3 Å². The van der Waals surface area contributed by atoms with E-state index in [1.54, 1.807) is 12.1 Å². The highest BCUT2D eigenvalue weighted by atomic mass is 127. The third kappa shape index (κ3) is 2.98. The summed E-state index contributed by atoms with van der Waals surface area (Å²) in [5, 5.41) is 2.74. The second-order valence-corrected chi connectivity index (χ2v) is 5.01. The zero-order chi connectivity index (χ0) is 13.1. The van der Waals surface area contributed by atoms with Gasteiger partial charge in [-0.2, -0.15) is 0 Å². The number of carbonyl (C=O) groups excluding carboxylic acids is 1. The highest BCUT2D eigenvalue weighted by Gasteiger charge is 2.07. The van der Waals surface area contributed by atoms with Gasteiger partial charge in [0.2, 0.25) is 5.56 Å². The molecule has 1 amide bonds. The first-order chi connectivity index (χ1) is 8.56. The molecule has 0 aliphatic rings. The minimum absolute atomic E-state index is 0.248. The van der Waals surface area contributed by atoms with Crippen LogP contribution in [0.15, 0.2) is 41.2 Å². The monoisotopic (exact) mass is 354 g/mol. The van der Waals surface area contributed by atoms with Gasteiger partial charge >= 0.3 is 0 Å². The Bertz CT molecular complexity index is 649. The van der Waals surface area contributed by atoms with E-state index in [-0.39, 0.29) is 17.2 Å². The molecule has 0 spiro atoms. The van der Waals surface area contributed by atoms with Crippen molar-refractivity contribution in [2.24, 2.45) is 0 Å². The van der Waals surface area contributed by atoms with E-state index in [0.717, 1.165) is 9.13 Å². The van der Waals surface area contributed by atoms with E-state index >= 15 is 0 Å². The molecule has 0 aliphatic carbocycles. The van der Waals surface area contributed by atoms with Crippen molar-refractivity contribution in [1.82, 2.24) is 4.98 Å². The smallest absolute Gasteiger partial charge is 0.272 e. The Labute approximate surface area is 118 Å². The Morgan fingerprint density at radius 1 is 1.28 bits per heavy atom. The lowest BCUT2D eigenvalue weighted by Gasteiger charge is -2.06. The standard InChI is InChI=1S/C13H11IN2O2/c1-8-5-6-9(7-10(8)14)15-13(18)11-3-2-4-12(17)16-11/h2-7H,1H3,(H,15,18)(H,16,17). The summed E-state index contributed by atoms with van der Waals surface area (Å²) in [6.07, 6.45) is 0. The van der Waals surface area contributed by atoms with Crippen LogP contribution in [0.1, 0.15) is 16.1 Å². The Morgan fingerprint density at radius 2 is 2.06 bits per heavy atom. The lowest BCUT2D eigenvalue weighted by molar-refractivity contribution is 0.102. The zero-order valence-corrected chi connectivity index (χ0v) is 11.8. The molecule has 0 fully saturated rings. The summed E-state index contributed by atoms with van der Waals surface area (Å²) in [6, 6.07) is 10.1. The van der Waals surface area contributed by atoms with Crippen LogP contribution in [0.25, 0.3) is 0 Å². The van der Waals surface area contributed by atoms with Crippen LogP contribution in [-0.4, -0.2) is 10.9 Å². The molecule has 5 heteroatoms. The van der Waals surface area contributed by atoms with Crippen LogP contribution >= 0.6 is 22.6 Å². The average Bonchev–Trinajstić information content (AvgIpc) is 2.34. The molecule has 0 bridgehead atoms. The number of hydrogen-bond donors (Lipinski definition) is 2. The average molecular weight is 354 g/mol. The number of rotatable bonds is 2. The molecule has 4 nitrogen and oxygen atoms in total. The van der Waals surface area contributed by atoms with Crippen LogP contribution in [0.2, 0.25) is 0 Å². The SMILES string of the molecule is Cc1ccc(NC(=O)c2cccc(=O)[nH]2)cc1I. The minimum Gasteiger partial charge on any atom is -0.321 e. The molecule has 0 unspecified atom stereocenters. The molecule has 2 aromatic rings. The molecule has 1 aromatic carbocycles. The van der Waals surface area contributed by atoms with E-state index in [1.165, 1.54) is 6.07 Å². The van der Waals surface area contributed by atoms with Gasteiger partial charge in [0, 0.05) is 15.3 Å². The summed E-state index contributed by atoms with van der Waals surface area (Å²) in [4.78, 5) is 25.5. The Kier molecular flexibility index (Phi) is 3.81. The number of nitrogens with one attached hydrogen (secondary N) is 2. The number of halogens is 1. The number of pyridine rings is 1. The molecule has 1 heterocycles. The van der Waals surface area contributed by atoms with Crippen molar-refractivity contribution < 1.29 is 4.79 Å². The number of benzene rings is 1. The fourth-order valence-electron chi connectivity index (χ4n) is 1.45. The minimum atomic E-state index is -0.327. The third-order valence-corrected chi connectivity index (χ3v) is 3.60. The molecule has 1 aromatic heterocycles. The number of carbonyl (C=O) groups is 1. The van der Waals surface area contributed by atoms with Gasteiger partial charge in [-0.15, -0.1) is 0 Å². The molecule has 0 saturated carbocycles. The van der Waals surface area contributed by atoms with Gasteiger partial charge in [-0.25, -0.2) is 0 Å². The van der Waals surface area contributed by atoms with Gasteiger partial charge in [0.25, 0.3) is 5.91 Å². The van der Waals surface area contributed by atoms with Crippen molar-refractivity contribution in [3.05, 3.63) is 61.6 Å². The number of amides is 1.